The third-order valence-electron chi connectivity index (χ3n) is 2.08. The van der Waals surface area contributed by atoms with Crippen LogP contribution in [0.25, 0.3) is 0 Å². The molecule has 0 bridgehead atoms. The van der Waals surface area contributed by atoms with Crippen LogP contribution in [-0.2, 0) is 0 Å². The van der Waals surface area contributed by atoms with Gasteiger partial charge in [0.1, 0.15) is 0 Å². The smallest absolute Gasteiger partial charge is 0.0147 e. The Hall–Kier alpha value is -0.460. The van der Waals surface area contributed by atoms with Crippen molar-refractivity contribution in [3.05, 3.63) is 11.3 Å². The van der Waals surface area contributed by atoms with Crippen LogP contribution in [0.4, 0.5) is 0 Å². The maximum absolute atomic E-state index is 3.45. The minimum atomic E-state index is 0.681. The van der Waals surface area contributed by atoms with E-state index in [4.69, 9.17) is 0 Å². The van der Waals surface area contributed by atoms with Crippen molar-refractivity contribution in [1.29, 1.82) is 0 Å². The lowest BCUT2D eigenvalue weighted by Crippen LogP contribution is -2.24. The molecule has 0 radical (unpaired) electrons. The van der Waals surface area contributed by atoms with Crippen LogP contribution in [0.1, 0.15) is 47.5 Å². The molecule has 1 aliphatic heterocycles. The Bertz CT molecular complexity index is 145. The van der Waals surface area contributed by atoms with Crippen LogP contribution in [0.3, 0.4) is 0 Å². The monoisotopic (exact) mass is 169 g/mol. The summed E-state index contributed by atoms with van der Waals surface area (Å²) in [6.45, 7) is 11.9. The molecule has 1 aliphatic rings. The Balaban J connectivity index is 0.000000561. The SMILES string of the molecule is CC.CC1=C(C(C)C)NCCC1. The fraction of sp³-hybridized carbons (Fsp3) is 0.818. The van der Waals surface area contributed by atoms with Crippen LogP contribution < -0.4 is 5.32 Å². The average molecular weight is 169 g/mol. The molecule has 12 heavy (non-hydrogen) atoms. The van der Waals surface area contributed by atoms with E-state index >= 15 is 0 Å². The van der Waals surface area contributed by atoms with Crippen LogP contribution in [0.15, 0.2) is 11.3 Å². The predicted molar refractivity (Wildman–Crippen MR) is 56.1 cm³/mol. The third-order valence-corrected chi connectivity index (χ3v) is 2.08. The van der Waals surface area contributed by atoms with Gasteiger partial charge < -0.3 is 5.32 Å². The molecule has 0 fully saturated rings. The normalized spacial score (nSPS) is 16.8. The van der Waals surface area contributed by atoms with E-state index in [1.807, 2.05) is 13.8 Å². The molecule has 0 aromatic rings. The highest BCUT2D eigenvalue weighted by Gasteiger charge is 2.10. The molecule has 0 aromatic heterocycles. The lowest BCUT2D eigenvalue weighted by Gasteiger charge is -2.22. The fourth-order valence-electron chi connectivity index (χ4n) is 1.56. The van der Waals surface area contributed by atoms with Gasteiger partial charge in [-0.15, -0.1) is 0 Å². The van der Waals surface area contributed by atoms with Gasteiger partial charge in [-0.25, -0.2) is 0 Å². The van der Waals surface area contributed by atoms with Gasteiger partial charge in [0.15, 0.2) is 0 Å². The molecule has 0 aromatic carbocycles. The summed E-state index contributed by atoms with van der Waals surface area (Å²) in [6.07, 6.45) is 2.60. The van der Waals surface area contributed by atoms with Crippen molar-refractivity contribution in [3.63, 3.8) is 0 Å². The van der Waals surface area contributed by atoms with Crippen LogP contribution in [0.2, 0.25) is 0 Å². The summed E-state index contributed by atoms with van der Waals surface area (Å²) in [6, 6.07) is 0. The first kappa shape index (κ1) is 11.5. The van der Waals surface area contributed by atoms with E-state index in [0.29, 0.717) is 5.92 Å². The van der Waals surface area contributed by atoms with Gasteiger partial charge in [0.05, 0.1) is 0 Å². The summed E-state index contributed by atoms with van der Waals surface area (Å²) in [5.74, 6) is 0.681. The van der Waals surface area contributed by atoms with Crippen molar-refractivity contribution in [1.82, 2.24) is 5.32 Å². The van der Waals surface area contributed by atoms with Gasteiger partial charge in [-0.3, -0.25) is 0 Å². The van der Waals surface area contributed by atoms with Crippen LogP contribution in [0.5, 0.6) is 0 Å². The van der Waals surface area contributed by atoms with Gasteiger partial charge in [0.25, 0.3) is 0 Å². The van der Waals surface area contributed by atoms with Gasteiger partial charge in [-0.1, -0.05) is 33.3 Å². The molecule has 0 aliphatic carbocycles. The minimum absolute atomic E-state index is 0.681. The third kappa shape index (κ3) is 3.29. The number of hydrogen-bond acceptors (Lipinski definition) is 1. The van der Waals surface area contributed by atoms with Gasteiger partial charge >= 0.3 is 0 Å². The standard InChI is InChI=1S/C9H17N.C2H6/c1-7(2)9-8(3)5-4-6-10-9;1-2/h7,10H,4-6H2,1-3H3;1-2H3. The first-order valence-electron chi connectivity index (χ1n) is 5.15. The van der Waals surface area contributed by atoms with E-state index in [-0.39, 0.29) is 0 Å². The zero-order valence-electron chi connectivity index (χ0n) is 9.20. The molecule has 0 unspecified atom stereocenters. The Morgan fingerprint density at radius 2 is 1.83 bits per heavy atom. The lowest BCUT2D eigenvalue weighted by molar-refractivity contribution is 0.577. The highest BCUT2D eigenvalue weighted by atomic mass is 14.9. The molecule has 0 saturated heterocycles. The summed E-state index contributed by atoms with van der Waals surface area (Å²) in [4.78, 5) is 0. The number of nitrogens with one attached hydrogen (secondary N) is 1. The topological polar surface area (TPSA) is 12.0 Å². The van der Waals surface area contributed by atoms with Crippen LogP contribution >= 0.6 is 0 Å². The summed E-state index contributed by atoms with van der Waals surface area (Å²) in [5.41, 5.74) is 3.03. The zero-order chi connectivity index (χ0) is 9.56. The summed E-state index contributed by atoms with van der Waals surface area (Å²) >= 11 is 0. The second kappa shape index (κ2) is 6.10. The van der Waals surface area contributed by atoms with E-state index in [1.165, 1.54) is 25.1 Å². The predicted octanol–water partition coefficient (Wildman–Crippen LogP) is 3.33. The first-order valence-corrected chi connectivity index (χ1v) is 5.15. The zero-order valence-corrected chi connectivity index (χ0v) is 9.20. The first-order chi connectivity index (χ1) is 5.72. The Labute approximate surface area is 77.2 Å². The fourth-order valence-corrected chi connectivity index (χ4v) is 1.56. The van der Waals surface area contributed by atoms with Crippen molar-refractivity contribution in [2.24, 2.45) is 5.92 Å². The van der Waals surface area contributed by atoms with E-state index in [0.717, 1.165) is 0 Å². The Morgan fingerprint density at radius 1 is 1.25 bits per heavy atom. The Morgan fingerprint density at radius 3 is 2.17 bits per heavy atom. The second-order valence-corrected chi connectivity index (χ2v) is 3.38. The lowest BCUT2D eigenvalue weighted by atomic mass is 9.98. The number of rotatable bonds is 1. The van der Waals surface area contributed by atoms with Crippen molar-refractivity contribution in [2.75, 3.05) is 6.54 Å². The Kier molecular flexibility index (Phi) is 5.87. The molecule has 1 rings (SSSR count). The van der Waals surface area contributed by atoms with E-state index in [9.17, 15) is 0 Å². The molecule has 0 spiro atoms. The largest absolute Gasteiger partial charge is 0.388 e. The summed E-state index contributed by atoms with van der Waals surface area (Å²) < 4.78 is 0. The molecule has 1 heterocycles. The molecule has 1 heteroatoms. The van der Waals surface area contributed by atoms with Crippen LogP contribution in [0, 0.1) is 5.92 Å². The van der Waals surface area contributed by atoms with Crippen molar-refractivity contribution in [3.8, 4) is 0 Å². The van der Waals surface area contributed by atoms with Crippen molar-refractivity contribution < 1.29 is 0 Å². The quantitative estimate of drug-likeness (QED) is 0.635. The molecule has 1 N–H and O–H groups in total. The van der Waals surface area contributed by atoms with Crippen molar-refractivity contribution >= 4 is 0 Å². The van der Waals surface area contributed by atoms with E-state index in [2.05, 4.69) is 26.1 Å². The molecule has 0 amide bonds. The molecular formula is C11H23N. The molecule has 1 nitrogen and oxygen atoms in total. The average Bonchev–Trinajstić information content (AvgIpc) is 2.08. The molecule has 72 valence electrons. The molecular weight excluding hydrogens is 146 g/mol. The highest BCUT2D eigenvalue weighted by molar-refractivity contribution is 5.14. The summed E-state index contributed by atoms with van der Waals surface area (Å²) in [7, 11) is 0. The van der Waals surface area contributed by atoms with Crippen molar-refractivity contribution in [2.45, 2.75) is 47.5 Å². The highest BCUT2D eigenvalue weighted by Crippen LogP contribution is 2.19. The van der Waals surface area contributed by atoms with E-state index < -0.39 is 0 Å². The van der Waals surface area contributed by atoms with Crippen LogP contribution in [-0.4, -0.2) is 6.54 Å². The summed E-state index contributed by atoms with van der Waals surface area (Å²) in [5, 5.41) is 3.45. The van der Waals surface area contributed by atoms with E-state index in [1.54, 1.807) is 5.57 Å². The number of hydrogen-bond donors (Lipinski definition) is 1. The van der Waals surface area contributed by atoms with Gasteiger partial charge in [0.2, 0.25) is 0 Å². The van der Waals surface area contributed by atoms with Gasteiger partial charge in [-0.05, 0) is 25.7 Å². The van der Waals surface area contributed by atoms with Gasteiger partial charge in [-0.2, -0.15) is 0 Å². The second-order valence-electron chi connectivity index (χ2n) is 3.38. The minimum Gasteiger partial charge on any atom is -0.388 e. The maximum atomic E-state index is 3.45. The number of allylic oxidation sites excluding steroid dienone is 2. The van der Waals surface area contributed by atoms with Gasteiger partial charge in [0, 0.05) is 12.2 Å². The molecule has 0 saturated carbocycles. The molecule has 0 atom stereocenters. The maximum Gasteiger partial charge on any atom is 0.0147 e.